The second kappa shape index (κ2) is 5.91. The average molecular weight is 272 g/mol. The highest BCUT2D eigenvalue weighted by atomic mass is 35.5. The molecule has 1 aliphatic carbocycles. The number of hydrogen-bond acceptors (Lipinski definition) is 4. The molecule has 94 valence electrons. The molecule has 2 atom stereocenters. The van der Waals surface area contributed by atoms with Crippen LogP contribution in [0.15, 0.2) is 17.4 Å². The van der Waals surface area contributed by atoms with Gasteiger partial charge in [0.15, 0.2) is 0 Å². The van der Waals surface area contributed by atoms with E-state index in [9.17, 15) is 0 Å². The van der Waals surface area contributed by atoms with Crippen molar-refractivity contribution < 1.29 is 0 Å². The Kier molecular flexibility index (Phi) is 4.51. The van der Waals surface area contributed by atoms with Crippen LogP contribution in [0.1, 0.15) is 25.7 Å². The van der Waals surface area contributed by atoms with E-state index in [1.165, 1.54) is 12.8 Å². The third-order valence-corrected chi connectivity index (χ3v) is 4.49. The lowest BCUT2D eigenvalue weighted by Crippen LogP contribution is -2.41. The topological polar surface area (TPSA) is 29.0 Å². The summed E-state index contributed by atoms with van der Waals surface area (Å²) < 4.78 is 0. The van der Waals surface area contributed by atoms with Crippen molar-refractivity contribution in [2.24, 2.45) is 0 Å². The molecule has 1 aliphatic rings. The molecule has 1 fully saturated rings. The average Bonchev–Trinajstić information content (AvgIpc) is 2.38. The van der Waals surface area contributed by atoms with Gasteiger partial charge in [-0.15, -0.1) is 23.4 Å². The molecule has 0 bridgehead atoms. The molecule has 1 aromatic heterocycles. The van der Waals surface area contributed by atoms with Crippen LogP contribution in [0.5, 0.6) is 0 Å². The molecule has 5 heteroatoms. The molecule has 0 radical (unpaired) electrons. The Hall–Kier alpha value is -0.480. The van der Waals surface area contributed by atoms with E-state index in [0.29, 0.717) is 6.04 Å². The van der Waals surface area contributed by atoms with Gasteiger partial charge >= 0.3 is 0 Å². The summed E-state index contributed by atoms with van der Waals surface area (Å²) in [6.07, 6.45) is 8.43. The SMILES string of the molecule is CSc1cc(N(C)C2CCCCC2Cl)ncn1. The van der Waals surface area contributed by atoms with Gasteiger partial charge in [0.05, 0.1) is 5.38 Å². The second-order valence-electron chi connectivity index (χ2n) is 4.40. The van der Waals surface area contributed by atoms with Crippen molar-refractivity contribution in [1.82, 2.24) is 9.97 Å². The van der Waals surface area contributed by atoms with E-state index in [-0.39, 0.29) is 5.38 Å². The second-order valence-corrected chi connectivity index (χ2v) is 5.78. The minimum absolute atomic E-state index is 0.237. The van der Waals surface area contributed by atoms with Gasteiger partial charge < -0.3 is 4.90 Å². The van der Waals surface area contributed by atoms with Crippen molar-refractivity contribution in [2.75, 3.05) is 18.2 Å². The summed E-state index contributed by atoms with van der Waals surface area (Å²) >= 11 is 8.05. The zero-order valence-electron chi connectivity index (χ0n) is 10.3. The van der Waals surface area contributed by atoms with Crippen LogP contribution in [0.3, 0.4) is 0 Å². The minimum Gasteiger partial charge on any atom is -0.355 e. The monoisotopic (exact) mass is 271 g/mol. The van der Waals surface area contributed by atoms with Crippen LogP contribution in [-0.2, 0) is 0 Å². The first-order valence-corrected chi connectivity index (χ1v) is 7.61. The van der Waals surface area contributed by atoms with Crippen LogP contribution in [0.25, 0.3) is 0 Å². The van der Waals surface area contributed by atoms with Crippen molar-refractivity contribution >= 4 is 29.2 Å². The van der Waals surface area contributed by atoms with Crippen molar-refractivity contribution in [3.8, 4) is 0 Å². The standard InChI is InChI=1S/C12H18ClN3S/c1-16(10-6-4-3-5-9(10)13)11-7-12(17-2)15-8-14-11/h7-10H,3-6H2,1-2H3. The third-order valence-electron chi connectivity index (χ3n) is 3.34. The van der Waals surface area contributed by atoms with Gasteiger partial charge in [-0.05, 0) is 19.1 Å². The van der Waals surface area contributed by atoms with E-state index in [0.717, 1.165) is 23.7 Å². The lowest BCUT2D eigenvalue weighted by molar-refractivity contribution is 0.432. The van der Waals surface area contributed by atoms with Gasteiger partial charge in [-0.2, -0.15) is 0 Å². The Morgan fingerprint density at radius 2 is 2.12 bits per heavy atom. The number of thioether (sulfide) groups is 1. The molecule has 0 N–H and O–H groups in total. The number of rotatable bonds is 3. The molecule has 17 heavy (non-hydrogen) atoms. The zero-order chi connectivity index (χ0) is 12.3. The Morgan fingerprint density at radius 1 is 1.35 bits per heavy atom. The molecule has 1 saturated carbocycles. The normalized spacial score (nSPS) is 24.6. The largest absolute Gasteiger partial charge is 0.355 e. The number of alkyl halides is 1. The number of aromatic nitrogens is 2. The third kappa shape index (κ3) is 3.05. The quantitative estimate of drug-likeness (QED) is 0.480. The first kappa shape index (κ1) is 13.0. The van der Waals surface area contributed by atoms with Gasteiger partial charge in [-0.3, -0.25) is 0 Å². The Bertz CT molecular complexity index is 375. The van der Waals surface area contributed by atoms with Crippen LogP contribution in [0.2, 0.25) is 0 Å². The van der Waals surface area contributed by atoms with E-state index in [1.54, 1.807) is 18.1 Å². The van der Waals surface area contributed by atoms with Crippen molar-refractivity contribution in [2.45, 2.75) is 42.1 Å². The molecule has 1 aromatic rings. The van der Waals surface area contributed by atoms with E-state index < -0.39 is 0 Å². The smallest absolute Gasteiger partial charge is 0.133 e. The van der Waals surface area contributed by atoms with E-state index >= 15 is 0 Å². The number of anilines is 1. The molecule has 0 aliphatic heterocycles. The molecule has 0 spiro atoms. The molecule has 1 heterocycles. The summed E-state index contributed by atoms with van der Waals surface area (Å²) in [5, 5.41) is 1.24. The highest BCUT2D eigenvalue weighted by Crippen LogP contribution is 2.29. The number of hydrogen-bond donors (Lipinski definition) is 0. The molecule has 2 unspecified atom stereocenters. The summed E-state index contributed by atoms with van der Waals surface area (Å²) in [7, 11) is 2.08. The van der Waals surface area contributed by atoms with E-state index in [2.05, 4.69) is 21.9 Å². The van der Waals surface area contributed by atoms with Gasteiger partial charge in [0, 0.05) is 19.2 Å². The fourth-order valence-electron chi connectivity index (χ4n) is 2.31. The lowest BCUT2D eigenvalue weighted by Gasteiger charge is -2.35. The Morgan fingerprint density at radius 3 is 2.82 bits per heavy atom. The Labute approximate surface area is 112 Å². The summed E-state index contributed by atoms with van der Waals surface area (Å²) in [6.45, 7) is 0. The van der Waals surface area contributed by atoms with Gasteiger partial charge in [0.25, 0.3) is 0 Å². The Balaban J connectivity index is 2.14. The predicted octanol–water partition coefficient (Wildman–Crippen LogP) is 3.18. The molecular weight excluding hydrogens is 254 g/mol. The summed E-state index contributed by atoms with van der Waals surface area (Å²) in [4.78, 5) is 10.7. The van der Waals surface area contributed by atoms with Gasteiger partial charge in [-0.1, -0.05) is 12.8 Å². The van der Waals surface area contributed by atoms with Crippen molar-refractivity contribution in [1.29, 1.82) is 0 Å². The maximum atomic E-state index is 6.41. The lowest BCUT2D eigenvalue weighted by atomic mass is 9.94. The minimum atomic E-state index is 0.237. The highest BCUT2D eigenvalue weighted by Gasteiger charge is 2.27. The molecular formula is C12H18ClN3S. The summed E-state index contributed by atoms with van der Waals surface area (Å²) in [6, 6.07) is 2.43. The zero-order valence-corrected chi connectivity index (χ0v) is 11.8. The molecule has 0 amide bonds. The van der Waals surface area contributed by atoms with E-state index in [4.69, 9.17) is 11.6 Å². The van der Waals surface area contributed by atoms with Gasteiger partial charge in [-0.25, -0.2) is 9.97 Å². The summed E-state index contributed by atoms with van der Waals surface area (Å²) in [5.41, 5.74) is 0. The first-order chi connectivity index (χ1) is 8.22. The molecule has 0 saturated heterocycles. The maximum absolute atomic E-state index is 6.41. The molecule has 3 nitrogen and oxygen atoms in total. The fraction of sp³-hybridized carbons (Fsp3) is 0.667. The maximum Gasteiger partial charge on any atom is 0.133 e. The van der Waals surface area contributed by atoms with Crippen LogP contribution >= 0.6 is 23.4 Å². The van der Waals surface area contributed by atoms with Gasteiger partial charge in [0.2, 0.25) is 0 Å². The van der Waals surface area contributed by atoms with Crippen LogP contribution < -0.4 is 4.90 Å². The molecule has 2 rings (SSSR count). The van der Waals surface area contributed by atoms with Crippen LogP contribution in [0.4, 0.5) is 5.82 Å². The van der Waals surface area contributed by atoms with Crippen LogP contribution in [0, 0.1) is 0 Å². The van der Waals surface area contributed by atoms with Crippen molar-refractivity contribution in [3.63, 3.8) is 0 Å². The molecule has 0 aromatic carbocycles. The first-order valence-electron chi connectivity index (χ1n) is 5.95. The number of nitrogens with zero attached hydrogens (tertiary/aromatic N) is 3. The van der Waals surface area contributed by atoms with Crippen LogP contribution in [-0.4, -0.2) is 34.7 Å². The summed E-state index contributed by atoms with van der Waals surface area (Å²) in [5.74, 6) is 0.974. The fourth-order valence-corrected chi connectivity index (χ4v) is 3.13. The van der Waals surface area contributed by atoms with Crippen molar-refractivity contribution in [3.05, 3.63) is 12.4 Å². The predicted molar refractivity (Wildman–Crippen MR) is 74.1 cm³/mol. The number of halogens is 1. The van der Waals surface area contributed by atoms with E-state index in [1.807, 2.05) is 12.3 Å². The highest BCUT2D eigenvalue weighted by molar-refractivity contribution is 7.98. The van der Waals surface area contributed by atoms with Gasteiger partial charge in [0.1, 0.15) is 17.2 Å².